The predicted molar refractivity (Wildman–Crippen MR) is 278 cm³/mol. The molecule has 0 fully saturated rings. The zero-order chi connectivity index (χ0) is 49.8. The summed E-state index contributed by atoms with van der Waals surface area (Å²) in [4.78, 5) is 10.4. The number of hydrogen-bond donors (Lipinski definition) is 1. The van der Waals surface area contributed by atoms with E-state index >= 15 is 0 Å². The first-order chi connectivity index (χ1) is 33.3. The molecule has 2 aromatic heterocycles. The van der Waals surface area contributed by atoms with Gasteiger partial charge in [-0.05, 0) is 123 Å². The van der Waals surface area contributed by atoms with Crippen LogP contribution in [-0.4, -0.2) is 19.6 Å². The van der Waals surface area contributed by atoms with Gasteiger partial charge in [-0.1, -0.05) is 181 Å². The second-order valence-electron chi connectivity index (χ2n) is 18.8. The number of benzene rings is 7. The Morgan fingerprint density at radius 2 is 1.28 bits per heavy atom. The summed E-state index contributed by atoms with van der Waals surface area (Å²) in [5.74, 6) is -0.183. The first-order valence-electron chi connectivity index (χ1n) is 25.1. The first kappa shape index (κ1) is 42.0. The molecule has 0 aliphatic heterocycles. The Balaban J connectivity index is 0.00000676. The van der Waals surface area contributed by atoms with Gasteiger partial charge in [-0.3, -0.25) is 9.55 Å². The molecule has 0 spiro atoms. The molecular weight excluding hydrogens is 998 g/mol. The van der Waals surface area contributed by atoms with Crippen LogP contribution in [-0.2, 0) is 21.1 Å². The predicted octanol–water partition coefficient (Wildman–Crippen LogP) is 17.0. The van der Waals surface area contributed by atoms with Crippen molar-refractivity contribution in [2.45, 2.75) is 92.8 Å². The molecule has 2 heterocycles. The molecular formula is C62H60N3OPt-. The van der Waals surface area contributed by atoms with Crippen LogP contribution < -0.4 is 0 Å². The van der Waals surface area contributed by atoms with Gasteiger partial charge in [-0.15, -0.1) is 23.8 Å². The molecule has 340 valence electrons. The van der Waals surface area contributed by atoms with E-state index in [0.717, 1.165) is 78.0 Å². The normalized spacial score (nSPS) is 12.8. The van der Waals surface area contributed by atoms with E-state index in [-0.39, 0.29) is 50.1 Å². The summed E-state index contributed by atoms with van der Waals surface area (Å²) in [7, 11) is 0. The number of fused-ring (bicyclic) bond motifs is 1. The topological polar surface area (TPSA) is 50.9 Å². The van der Waals surface area contributed by atoms with Crippen LogP contribution in [0.3, 0.4) is 0 Å². The summed E-state index contributed by atoms with van der Waals surface area (Å²) in [6.07, 6.45) is 1.84. The van der Waals surface area contributed by atoms with Crippen molar-refractivity contribution >= 4 is 11.0 Å². The van der Waals surface area contributed by atoms with Crippen LogP contribution in [0.1, 0.15) is 118 Å². The van der Waals surface area contributed by atoms with Gasteiger partial charge in [0.15, 0.2) is 0 Å². The first-order valence-corrected chi connectivity index (χ1v) is 23.1. The van der Waals surface area contributed by atoms with Crippen molar-refractivity contribution in [2.24, 2.45) is 0 Å². The maximum absolute atomic E-state index is 12.4. The van der Waals surface area contributed by atoms with Gasteiger partial charge in [0.1, 0.15) is 11.6 Å². The van der Waals surface area contributed by atoms with E-state index in [2.05, 4.69) is 121 Å². The zero-order valence-corrected chi connectivity index (χ0v) is 42.0. The van der Waals surface area contributed by atoms with Gasteiger partial charge in [0, 0.05) is 38.4 Å². The molecule has 0 saturated carbocycles. The van der Waals surface area contributed by atoms with Crippen LogP contribution in [0.5, 0.6) is 5.75 Å². The van der Waals surface area contributed by atoms with E-state index in [1.807, 2.05) is 97.4 Å². The van der Waals surface area contributed by atoms with Gasteiger partial charge in [0.05, 0.1) is 22.3 Å². The van der Waals surface area contributed by atoms with Crippen LogP contribution in [0.15, 0.2) is 152 Å². The van der Waals surface area contributed by atoms with Crippen molar-refractivity contribution in [2.75, 3.05) is 0 Å². The Morgan fingerprint density at radius 1 is 0.597 bits per heavy atom. The smallest absolute Gasteiger partial charge is 0.148 e. The minimum absolute atomic E-state index is 0. The maximum Gasteiger partial charge on any atom is 0.148 e. The molecule has 67 heavy (non-hydrogen) atoms. The summed E-state index contributed by atoms with van der Waals surface area (Å²) in [6, 6.07) is 52.6. The summed E-state index contributed by atoms with van der Waals surface area (Å²) < 4.78 is 38.6. The van der Waals surface area contributed by atoms with Crippen LogP contribution in [0.2, 0.25) is 0 Å². The quantitative estimate of drug-likeness (QED) is 0.131. The average Bonchev–Trinajstić information content (AvgIpc) is 3.73. The molecule has 7 aromatic carbocycles. The third kappa shape index (κ3) is 9.22. The maximum atomic E-state index is 12.4. The molecule has 9 rings (SSSR count). The Morgan fingerprint density at radius 3 is 1.99 bits per heavy atom. The molecule has 0 unspecified atom stereocenters. The molecule has 1 N–H and O–H groups in total. The number of rotatable bonds is 11. The van der Waals surface area contributed by atoms with E-state index in [4.69, 9.17) is 14.1 Å². The van der Waals surface area contributed by atoms with Gasteiger partial charge in [-0.2, -0.15) is 0 Å². The monoisotopic (exact) mass is 1060 g/mol. The van der Waals surface area contributed by atoms with Gasteiger partial charge >= 0.3 is 0 Å². The number of nitrogens with zero attached hydrogens (tertiary/aromatic N) is 3. The number of pyridine rings is 1. The van der Waals surface area contributed by atoms with Crippen molar-refractivity contribution in [3.63, 3.8) is 0 Å². The number of imidazole rings is 1. The van der Waals surface area contributed by atoms with Gasteiger partial charge < -0.3 is 5.11 Å². The molecule has 0 radical (unpaired) electrons. The van der Waals surface area contributed by atoms with E-state index < -0.39 is 12.7 Å². The number of phenolic OH excluding ortho intramolecular Hbond substituents is 1. The van der Waals surface area contributed by atoms with Crippen molar-refractivity contribution < 1.29 is 31.7 Å². The Labute approximate surface area is 417 Å². The van der Waals surface area contributed by atoms with Crippen LogP contribution >= 0.6 is 0 Å². The molecule has 0 bridgehead atoms. The van der Waals surface area contributed by atoms with E-state index in [1.165, 1.54) is 5.56 Å². The molecule has 4 nitrogen and oxygen atoms in total. The minimum atomic E-state index is -2.57. The SMILES string of the molecule is [2H]C([2H])([2H])c1cc(-c2c(C(C)C)cccc2C([2H])(C)C)ccc1-n1c(-c2cc(C(C)C)cc(C(C)C)c2O)nc2c(-c3[c-]c(-c4cc(-c5ccc(C)cc5)ccn4)cc(-c4ccccc4)c3)cccc21.[Pt]. The van der Waals surface area contributed by atoms with E-state index in [9.17, 15) is 6.48 Å². The fourth-order valence-corrected chi connectivity index (χ4v) is 9.20. The van der Waals surface area contributed by atoms with Gasteiger partial charge in [0.2, 0.25) is 0 Å². The van der Waals surface area contributed by atoms with Crippen molar-refractivity contribution in [1.29, 1.82) is 0 Å². The fraction of sp³-hybridized carbons (Fsp3) is 0.226. The molecule has 0 aliphatic carbocycles. The summed E-state index contributed by atoms with van der Waals surface area (Å²) >= 11 is 0. The number of aryl methyl sites for hydroxylation is 2. The number of para-hydroxylation sites is 1. The van der Waals surface area contributed by atoms with Crippen molar-refractivity contribution in [3.05, 3.63) is 191 Å². The standard InChI is InChI=1S/C62H60N3O.Pt/c1-37(2)47-34-54(40(7)8)61(66)55(35-47)62-64-60-53(20-15-21-58(60)65(62)57-27-26-46(30-42(57)10)59-51(38(3)4)18-14-19-52(59)39(5)6)49-31-48(43-16-12-11-13-17-43)32-50(33-49)56-36-45(28-29-63-56)44-24-22-41(9)23-25-44;/h11-32,34-40,66H,1-10H3;/q-1;/i10D3,38D;. The third-order valence-electron chi connectivity index (χ3n) is 12.8. The van der Waals surface area contributed by atoms with Crippen molar-refractivity contribution in [1.82, 2.24) is 14.5 Å². The molecule has 0 aliphatic rings. The summed E-state index contributed by atoms with van der Waals surface area (Å²) in [5.41, 5.74) is 16.1. The van der Waals surface area contributed by atoms with E-state index in [1.54, 1.807) is 6.07 Å². The number of hydrogen-bond acceptors (Lipinski definition) is 3. The van der Waals surface area contributed by atoms with E-state index in [0.29, 0.717) is 28.1 Å². The second-order valence-corrected chi connectivity index (χ2v) is 18.8. The van der Waals surface area contributed by atoms with Gasteiger partial charge in [-0.25, -0.2) is 4.98 Å². The summed E-state index contributed by atoms with van der Waals surface area (Å²) in [5, 5.41) is 12.4. The number of phenols is 1. The second kappa shape index (κ2) is 19.5. The third-order valence-corrected chi connectivity index (χ3v) is 12.8. The van der Waals surface area contributed by atoms with Crippen LogP contribution in [0.25, 0.3) is 83.9 Å². The van der Waals surface area contributed by atoms with Crippen LogP contribution in [0, 0.1) is 19.8 Å². The Bertz CT molecular complexity index is 3400. The fourth-order valence-electron chi connectivity index (χ4n) is 9.20. The van der Waals surface area contributed by atoms with Crippen LogP contribution in [0.4, 0.5) is 0 Å². The van der Waals surface area contributed by atoms with Crippen molar-refractivity contribution in [3.8, 4) is 78.6 Å². The zero-order valence-electron chi connectivity index (χ0n) is 43.8. The Hall–Kier alpha value is -6.35. The number of aromatic hydroxyl groups is 1. The summed E-state index contributed by atoms with van der Waals surface area (Å²) in [6.45, 7) is 15.9. The molecule has 0 saturated heterocycles. The molecule has 0 atom stereocenters. The molecule has 0 amide bonds. The van der Waals surface area contributed by atoms with Gasteiger partial charge in [0.25, 0.3) is 0 Å². The number of aromatic nitrogens is 3. The molecule has 5 heteroatoms. The molecule has 9 aromatic rings. The minimum Gasteiger partial charge on any atom is -0.507 e. The average molecular weight is 1060 g/mol. The Kier molecular flexibility index (Phi) is 12.2. The largest absolute Gasteiger partial charge is 0.507 e.